The van der Waals surface area contributed by atoms with Crippen LogP contribution in [0.2, 0.25) is 0 Å². The Kier molecular flexibility index (Phi) is 7.79. The van der Waals surface area contributed by atoms with Crippen molar-refractivity contribution in [1.29, 1.82) is 0 Å². The minimum atomic E-state index is -0.653. The summed E-state index contributed by atoms with van der Waals surface area (Å²) < 4.78 is 0. The van der Waals surface area contributed by atoms with Crippen LogP contribution in [0.1, 0.15) is 33.4 Å². The van der Waals surface area contributed by atoms with Gasteiger partial charge in [-0.05, 0) is 101 Å². The molecule has 0 bridgehead atoms. The number of nitrogens with zero attached hydrogens (tertiary/aromatic N) is 4. The first kappa shape index (κ1) is 35.4. The van der Waals surface area contributed by atoms with E-state index >= 15 is 0 Å². The van der Waals surface area contributed by atoms with E-state index in [4.69, 9.17) is 19.9 Å². The summed E-state index contributed by atoms with van der Waals surface area (Å²) in [4.78, 5) is 20.2. The van der Waals surface area contributed by atoms with Gasteiger partial charge >= 0.3 is 0 Å². The summed E-state index contributed by atoms with van der Waals surface area (Å²) in [6.07, 6.45) is 8.31. The van der Waals surface area contributed by atoms with Gasteiger partial charge in [0.15, 0.2) is 11.6 Å². The highest BCUT2D eigenvalue weighted by atomic mass is 14.9. The second-order valence-corrected chi connectivity index (χ2v) is 16.5. The molecule has 0 aliphatic heterocycles. The van der Waals surface area contributed by atoms with Crippen molar-refractivity contribution in [3.63, 3.8) is 0 Å². The van der Waals surface area contributed by atoms with Gasteiger partial charge in [-0.1, -0.05) is 182 Å². The highest BCUT2D eigenvalue weighted by Crippen LogP contribution is 2.60. The zero-order valence-corrected chi connectivity index (χ0v) is 34.1. The Balaban J connectivity index is 1.08. The van der Waals surface area contributed by atoms with Crippen molar-refractivity contribution < 1.29 is 0 Å². The molecule has 2 aliphatic rings. The normalized spacial score (nSPS) is 14.7. The fraction of sp³-hybridized carbons (Fsp3) is 0.0169. The third-order valence-corrected chi connectivity index (χ3v) is 13.2. The van der Waals surface area contributed by atoms with E-state index in [1.807, 2.05) is 54.9 Å². The van der Waals surface area contributed by atoms with E-state index < -0.39 is 5.41 Å². The maximum Gasteiger partial charge on any atom is 0.160 e. The topological polar surface area (TPSA) is 51.6 Å². The molecule has 13 rings (SSSR count). The van der Waals surface area contributed by atoms with E-state index in [0.29, 0.717) is 11.6 Å². The van der Waals surface area contributed by atoms with E-state index in [1.54, 1.807) is 0 Å². The lowest BCUT2D eigenvalue weighted by Gasteiger charge is -2.35. The highest BCUT2D eigenvalue weighted by Gasteiger charge is 2.49. The Morgan fingerprint density at radius 2 is 0.841 bits per heavy atom. The van der Waals surface area contributed by atoms with Crippen LogP contribution in [-0.4, -0.2) is 19.9 Å². The summed E-state index contributed by atoms with van der Waals surface area (Å²) in [5.41, 5.74) is 14.5. The van der Waals surface area contributed by atoms with Gasteiger partial charge in [0.25, 0.3) is 0 Å². The van der Waals surface area contributed by atoms with Gasteiger partial charge in [-0.15, -0.1) is 0 Å². The van der Waals surface area contributed by atoms with Crippen LogP contribution < -0.4 is 0 Å². The van der Waals surface area contributed by atoms with Crippen molar-refractivity contribution in [2.24, 2.45) is 0 Å². The molecular weight excluding hydrogens is 765 g/mol. The van der Waals surface area contributed by atoms with E-state index in [9.17, 15) is 0 Å². The van der Waals surface area contributed by atoms with Crippen LogP contribution in [0.3, 0.4) is 0 Å². The number of fused-ring (bicyclic) bond motifs is 15. The second kappa shape index (κ2) is 13.8. The Bertz CT molecular complexity index is 3670. The second-order valence-electron chi connectivity index (χ2n) is 16.5. The van der Waals surface area contributed by atoms with Crippen LogP contribution in [0.25, 0.3) is 101 Å². The lowest BCUT2D eigenvalue weighted by atomic mass is 9.65. The molecule has 2 aliphatic carbocycles. The molecule has 4 heteroatoms. The van der Waals surface area contributed by atoms with Gasteiger partial charge in [-0.2, -0.15) is 0 Å². The highest BCUT2D eigenvalue weighted by molar-refractivity contribution is 6.26. The number of hydrogen-bond donors (Lipinski definition) is 0. The fourth-order valence-electron chi connectivity index (χ4n) is 10.4. The van der Waals surface area contributed by atoms with Gasteiger partial charge < -0.3 is 0 Å². The van der Waals surface area contributed by atoms with Crippen LogP contribution >= 0.6 is 0 Å². The average molecular weight is 801 g/mol. The molecule has 0 amide bonds. The first-order chi connectivity index (χ1) is 31.2. The molecule has 0 saturated carbocycles. The van der Waals surface area contributed by atoms with Crippen molar-refractivity contribution in [2.75, 3.05) is 0 Å². The molecule has 0 N–H and O–H groups in total. The molecule has 0 saturated heterocycles. The molecule has 1 spiro atoms. The third kappa shape index (κ3) is 5.35. The molecule has 4 nitrogen and oxygen atoms in total. The van der Waals surface area contributed by atoms with Gasteiger partial charge in [0.2, 0.25) is 0 Å². The van der Waals surface area contributed by atoms with Crippen molar-refractivity contribution in [3.05, 3.63) is 240 Å². The number of aromatic nitrogens is 4. The molecule has 0 radical (unpaired) electrons. The van der Waals surface area contributed by atoms with Crippen LogP contribution in [0.4, 0.5) is 0 Å². The first-order valence-electron chi connectivity index (χ1n) is 21.4. The van der Waals surface area contributed by atoms with Crippen molar-refractivity contribution in [3.8, 4) is 56.4 Å². The predicted octanol–water partition coefficient (Wildman–Crippen LogP) is 14.2. The zero-order chi connectivity index (χ0) is 41.5. The smallest absolute Gasteiger partial charge is 0.160 e. The summed E-state index contributed by atoms with van der Waals surface area (Å²) in [5.74, 6) is 1.31. The van der Waals surface area contributed by atoms with Crippen LogP contribution in [0.5, 0.6) is 0 Å². The molecule has 0 fully saturated rings. The van der Waals surface area contributed by atoms with Crippen LogP contribution in [0, 0.1) is 0 Å². The molecule has 2 aromatic heterocycles. The predicted molar refractivity (Wildman–Crippen MR) is 258 cm³/mol. The quantitative estimate of drug-likeness (QED) is 0.166. The minimum Gasteiger partial charge on any atom is -0.236 e. The van der Waals surface area contributed by atoms with Gasteiger partial charge in [-0.3, -0.25) is 0 Å². The lowest BCUT2D eigenvalue weighted by Crippen LogP contribution is -2.30. The summed E-state index contributed by atoms with van der Waals surface area (Å²) in [6.45, 7) is 0. The lowest BCUT2D eigenvalue weighted by molar-refractivity contribution is 0.767. The Labute approximate surface area is 364 Å². The SMILES string of the molecule is C1=Cc2ccc(-c3nc(-c4ccccc4)cc(-c4cnc(-c5ccccc5)nc4)n3)cc2C2(c3ccccc31)c1ccccc1-c1cc3c4ccccc4c4ccccc4c3cc12. The molecule has 63 heavy (non-hydrogen) atoms. The van der Waals surface area contributed by atoms with Crippen molar-refractivity contribution in [1.82, 2.24) is 19.9 Å². The van der Waals surface area contributed by atoms with E-state index in [0.717, 1.165) is 39.2 Å². The molecule has 292 valence electrons. The first-order valence-corrected chi connectivity index (χ1v) is 21.4. The summed E-state index contributed by atoms with van der Waals surface area (Å²) in [5, 5.41) is 7.59. The molecule has 9 aromatic carbocycles. The summed E-state index contributed by atoms with van der Waals surface area (Å²) in [6, 6.07) is 69.9. The van der Waals surface area contributed by atoms with Gasteiger partial charge in [-0.25, -0.2) is 19.9 Å². The number of hydrogen-bond acceptors (Lipinski definition) is 4. The van der Waals surface area contributed by atoms with Gasteiger partial charge in [0.1, 0.15) is 0 Å². The Morgan fingerprint density at radius 1 is 0.302 bits per heavy atom. The van der Waals surface area contributed by atoms with Crippen molar-refractivity contribution in [2.45, 2.75) is 5.41 Å². The van der Waals surface area contributed by atoms with Crippen LogP contribution in [0.15, 0.2) is 207 Å². The summed E-state index contributed by atoms with van der Waals surface area (Å²) in [7, 11) is 0. The minimum absolute atomic E-state index is 0.639. The molecule has 11 aromatic rings. The zero-order valence-electron chi connectivity index (χ0n) is 34.1. The van der Waals surface area contributed by atoms with Gasteiger partial charge in [0, 0.05) is 34.6 Å². The van der Waals surface area contributed by atoms with Crippen molar-refractivity contribution >= 4 is 44.5 Å². The fourth-order valence-corrected chi connectivity index (χ4v) is 10.4. The monoisotopic (exact) mass is 800 g/mol. The Hall–Kier alpha value is -8.34. The molecule has 2 heterocycles. The summed E-state index contributed by atoms with van der Waals surface area (Å²) >= 11 is 0. The largest absolute Gasteiger partial charge is 0.236 e. The third-order valence-electron chi connectivity index (χ3n) is 13.2. The molecule has 1 atom stereocenters. The van der Waals surface area contributed by atoms with E-state index in [1.165, 1.54) is 71.3 Å². The molecular formula is C59H36N4. The van der Waals surface area contributed by atoms with E-state index in [-0.39, 0.29) is 0 Å². The van der Waals surface area contributed by atoms with Gasteiger partial charge in [0.05, 0.1) is 16.8 Å². The average Bonchev–Trinajstić information content (AvgIpc) is 3.56. The number of rotatable bonds is 4. The Morgan fingerprint density at radius 3 is 1.54 bits per heavy atom. The number of benzene rings is 9. The standard InChI is InChI=1S/C59H36N4/c1-3-16-39(17-4-1)55-34-56(42-35-60-57(61-36-42)40-18-5-2-6-19-40)63-58(62-55)41-30-29-38-28-27-37-15-7-13-25-51(37)59(53(38)31-41)52-26-14-12-24-47(52)50-32-48-45-22-10-8-20-43(45)44-21-9-11-23-46(44)49(48)33-54(50)59/h1-36H. The maximum atomic E-state index is 5.32. The molecule has 1 unspecified atom stereocenters. The maximum absolute atomic E-state index is 5.32. The van der Waals surface area contributed by atoms with Crippen LogP contribution in [-0.2, 0) is 5.41 Å². The van der Waals surface area contributed by atoms with E-state index in [2.05, 4.69) is 164 Å².